The van der Waals surface area contributed by atoms with Gasteiger partial charge in [-0.2, -0.15) is 0 Å². The molecule has 10 heavy (non-hydrogen) atoms. The van der Waals surface area contributed by atoms with E-state index in [0.29, 0.717) is 0 Å². The van der Waals surface area contributed by atoms with E-state index in [9.17, 15) is 0 Å². The topological polar surface area (TPSA) is 3.24 Å². The predicted octanol–water partition coefficient (Wildman–Crippen LogP) is 1.90. The molecule has 1 heterocycles. The van der Waals surface area contributed by atoms with Crippen LogP contribution in [0.5, 0.6) is 0 Å². The maximum atomic E-state index is 3.83. The minimum Gasteiger partial charge on any atom is -0.303 e. The molecule has 0 aromatic rings. The van der Waals surface area contributed by atoms with Gasteiger partial charge >= 0.3 is 0 Å². The molecule has 0 radical (unpaired) electrons. The second kappa shape index (κ2) is 3.77. The van der Waals surface area contributed by atoms with Gasteiger partial charge in [-0.15, -0.1) is 6.58 Å². The monoisotopic (exact) mass is 139 g/mol. The van der Waals surface area contributed by atoms with Crippen LogP contribution in [0, 0.1) is 5.92 Å². The van der Waals surface area contributed by atoms with Gasteiger partial charge in [-0.05, 0) is 31.8 Å². The summed E-state index contributed by atoms with van der Waals surface area (Å²) < 4.78 is 0. The number of hydrogen-bond acceptors (Lipinski definition) is 1. The molecule has 0 saturated carbocycles. The zero-order chi connectivity index (χ0) is 7.40. The Kier molecular flexibility index (Phi) is 2.94. The van der Waals surface area contributed by atoms with Crippen molar-refractivity contribution in [2.75, 3.05) is 19.6 Å². The van der Waals surface area contributed by atoms with Gasteiger partial charge in [0.2, 0.25) is 0 Å². The zero-order valence-electron chi connectivity index (χ0n) is 6.84. The Hall–Kier alpha value is -0.300. The molecule has 1 fully saturated rings. The molecule has 0 aromatic carbocycles. The van der Waals surface area contributed by atoms with Crippen LogP contribution in [0.4, 0.5) is 0 Å². The lowest BCUT2D eigenvalue weighted by atomic mass is 9.98. The molecule has 1 saturated heterocycles. The Morgan fingerprint density at radius 3 is 3.10 bits per heavy atom. The van der Waals surface area contributed by atoms with Gasteiger partial charge in [0, 0.05) is 6.54 Å². The molecular formula is C9H17N. The first-order chi connectivity index (χ1) is 4.86. The van der Waals surface area contributed by atoms with E-state index in [2.05, 4.69) is 24.5 Å². The highest BCUT2D eigenvalue weighted by atomic mass is 15.1. The lowest BCUT2D eigenvalue weighted by Gasteiger charge is -2.29. The second-order valence-corrected chi connectivity index (χ2v) is 3.03. The van der Waals surface area contributed by atoms with E-state index >= 15 is 0 Å². The number of nitrogens with zero attached hydrogens (tertiary/aromatic N) is 1. The summed E-state index contributed by atoms with van der Waals surface area (Å²) in [5, 5.41) is 0. The largest absolute Gasteiger partial charge is 0.303 e. The molecule has 1 aliphatic heterocycles. The average molecular weight is 139 g/mol. The van der Waals surface area contributed by atoms with Crippen molar-refractivity contribution < 1.29 is 0 Å². The molecule has 1 heteroatoms. The van der Waals surface area contributed by atoms with E-state index in [0.717, 1.165) is 5.92 Å². The average Bonchev–Trinajstić information content (AvgIpc) is 2.05. The summed E-state index contributed by atoms with van der Waals surface area (Å²) in [7, 11) is 0. The molecule has 0 aliphatic carbocycles. The van der Waals surface area contributed by atoms with Crippen LogP contribution in [0.2, 0.25) is 0 Å². The van der Waals surface area contributed by atoms with Gasteiger partial charge in [-0.1, -0.05) is 13.0 Å². The van der Waals surface area contributed by atoms with Gasteiger partial charge in [-0.25, -0.2) is 0 Å². The molecular weight excluding hydrogens is 122 g/mol. The summed E-state index contributed by atoms with van der Waals surface area (Å²) in [4.78, 5) is 2.50. The van der Waals surface area contributed by atoms with Crippen LogP contribution >= 0.6 is 0 Å². The van der Waals surface area contributed by atoms with Gasteiger partial charge in [0.1, 0.15) is 0 Å². The number of rotatable bonds is 2. The molecule has 0 bridgehead atoms. The highest BCUT2D eigenvalue weighted by molar-refractivity contribution is 4.84. The molecule has 0 aromatic heterocycles. The van der Waals surface area contributed by atoms with Crippen molar-refractivity contribution in [3.63, 3.8) is 0 Å². The summed E-state index contributed by atoms with van der Waals surface area (Å²) in [6, 6.07) is 0. The summed E-state index contributed by atoms with van der Waals surface area (Å²) in [6.45, 7) is 9.78. The highest BCUT2D eigenvalue weighted by Crippen LogP contribution is 2.15. The van der Waals surface area contributed by atoms with Crippen molar-refractivity contribution >= 4 is 0 Å². The van der Waals surface area contributed by atoms with Crippen LogP contribution in [0.1, 0.15) is 19.8 Å². The van der Waals surface area contributed by atoms with Gasteiger partial charge in [0.15, 0.2) is 0 Å². The molecule has 0 amide bonds. The SMILES string of the molecule is C=CC1CCCN(CC)C1. The quantitative estimate of drug-likeness (QED) is 0.528. The van der Waals surface area contributed by atoms with Crippen LogP contribution in [0.25, 0.3) is 0 Å². The van der Waals surface area contributed by atoms with Crippen LogP contribution in [-0.4, -0.2) is 24.5 Å². The molecule has 0 spiro atoms. The normalized spacial score (nSPS) is 28.3. The number of likely N-dealkylation sites (tertiary alicyclic amines) is 1. The van der Waals surface area contributed by atoms with Crippen molar-refractivity contribution in [3.05, 3.63) is 12.7 Å². The summed E-state index contributed by atoms with van der Waals surface area (Å²) in [6.07, 6.45) is 4.80. The van der Waals surface area contributed by atoms with Crippen molar-refractivity contribution in [1.82, 2.24) is 4.90 Å². The standard InChI is InChI=1S/C9H17N/c1-3-9-6-5-7-10(4-2)8-9/h3,9H,1,4-8H2,2H3. The minimum atomic E-state index is 0.758. The van der Waals surface area contributed by atoms with Gasteiger partial charge in [0.05, 0.1) is 0 Å². The Morgan fingerprint density at radius 2 is 2.50 bits per heavy atom. The molecule has 1 aliphatic rings. The van der Waals surface area contributed by atoms with E-state index in [4.69, 9.17) is 0 Å². The molecule has 1 nitrogen and oxygen atoms in total. The third kappa shape index (κ3) is 1.84. The number of hydrogen-bond donors (Lipinski definition) is 0. The summed E-state index contributed by atoms with van der Waals surface area (Å²) in [5.41, 5.74) is 0. The van der Waals surface area contributed by atoms with Crippen molar-refractivity contribution in [2.24, 2.45) is 5.92 Å². The Bertz CT molecular complexity index is 109. The van der Waals surface area contributed by atoms with Crippen molar-refractivity contribution in [3.8, 4) is 0 Å². The summed E-state index contributed by atoms with van der Waals surface area (Å²) in [5.74, 6) is 0.758. The Labute approximate surface area is 63.7 Å². The fraction of sp³-hybridized carbons (Fsp3) is 0.778. The van der Waals surface area contributed by atoms with E-state index < -0.39 is 0 Å². The van der Waals surface area contributed by atoms with Crippen LogP contribution < -0.4 is 0 Å². The fourth-order valence-corrected chi connectivity index (χ4v) is 1.57. The van der Waals surface area contributed by atoms with Gasteiger partial charge < -0.3 is 4.90 Å². The first kappa shape index (κ1) is 7.80. The van der Waals surface area contributed by atoms with Crippen LogP contribution in [0.15, 0.2) is 12.7 Å². The van der Waals surface area contributed by atoms with Gasteiger partial charge in [-0.3, -0.25) is 0 Å². The lowest BCUT2D eigenvalue weighted by molar-refractivity contribution is 0.206. The van der Waals surface area contributed by atoms with Crippen molar-refractivity contribution in [1.29, 1.82) is 0 Å². The number of piperidine rings is 1. The Morgan fingerprint density at radius 1 is 1.70 bits per heavy atom. The lowest BCUT2D eigenvalue weighted by Crippen LogP contribution is -2.34. The van der Waals surface area contributed by atoms with Crippen molar-refractivity contribution in [2.45, 2.75) is 19.8 Å². The molecule has 1 rings (SSSR count). The van der Waals surface area contributed by atoms with Crippen LogP contribution in [-0.2, 0) is 0 Å². The van der Waals surface area contributed by atoms with Gasteiger partial charge in [0.25, 0.3) is 0 Å². The van der Waals surface area contributed by atoms with E-state index in [1.54, 1.807) is 0 Å². The fourth-order valence-electron chi connectivity index (χ4n) is 1.57. The molecule has 1 unspecified atom stereocenters. The molecule has 1 atom stereocenters. The maximum Gasteiger partial charge on any atom is 0.00441 e. The summed E-state index contributed by atoms with van der Waals surface area (Å²) >= 11 is 0. The Balaban J connectivity index is 2.31. The predicted molar refractivity (Wildman–Crippen MR) is 45.0 cm³/mol. The van der Waals surface area contributed by atoms with E-state index in [1.807, 2.05) is 0 Å². The minimum absolute atomic E-state index is 0.758. The first-order valence-electron chi connectivity index (χ1n) is 4.21. The highest BCUT2D eigenvalue weighted by Gasteiger charge is 2.14. The maximum absolute atomic E-state index is 3.83. The molecule has 58 valence electrons. The van der Waals surface area contributed by atoms with E-state index in [-0.39, 0.29) is 0 Å². The molecule has 0 N–H and O–H groups in total. The second-order valence-electron chi connectivity index (χ2n) is 3.03. The first-order valence-corrected chi connectivity index (χ1v) is 4.21. The van der Waals surface area contributed by atoms with Crippen LogP contribution in [0.3, 0.4) is 0 Å². The zero-order valence-corrected chi connectivity index (χ0v) is 6.84. The smallest absolute Gasteiger partial charge is 0.00441 e. The third-order valence-corrected chi connectivity index (χ3v) is 2.32. The van der Waals surface area contributed by atoms with E-state index in [1.165, 1.54) is 32.5 Å². The third-order valence-electron chi connectivity index (χ3n) is 2.32.